The maximum absolute atomic E-state index is 12.6. The van der Waals surface area contributed by atoms with Crippen molar-refractivity contribution in [3.63, 3.8) is 0 Å². The van der Waals surface area contributed by atoms with E-state index in [-0.39, 0.29) is 12.2 Å². The molecule has 172 valence electrons. The van der Waals surface area contributed by atoms with Crippen molar-refractivity contribution in [1.29, 1.82) is 0 Å². The van der Waals surface area contributed by atoms with Gasteiger partial charge in [-0.15, -0.1) is 0 Å². The number of aromatic hydroxyl groups is 1. The van der Waals surface area contributed by atoms with Gasteiger partial charge in [-0.25, -0.2) is 0 Å². The molecule has 0 saturated carbocycles. The molecule has 0 aliphatic heterocycles. The molecule has 3 amide bonds. The molecular weight excluding hydrogens is 406 g/mol. The first-order chi connectivity index (χ1) is 14.6. The summed E-state index contributed by atoms with van der Waals surface area (Å²) in [6, 6.07) is 3.41. The first kappa shape index (κ1) is 25.9. The Bertz CT molecular complexity index is 755. The molecule has 0 spiro atoms. The van der Waals surface area contributed by atoms with Crippen LogP contribution in [-0.4, -0.2) is 65.1 Å². The molecule has 0 aliphatic carbocycles. The van der Waals surface area contributed by atoms with E-state index in [1.807, 2.05) is 0 Å². The quantitative estimate of drug-likeness (QED) is 0.182. The number of amides is 3. The van der Waals surface area contributed by atoms with Gasteiger partial charge in [-0.05, 0) is 56.8 Å². The Labute approximate surface area is 180 Å². The number of carbonyl (C=O) groups is 4. The van der Waals surface area contributed by atoms with Crippen LogP contribution in [0.2, 0.25) is 0 Å². The van der Waals surface area contributed by atoms with Crippen LogP contribution < -0.4 is 27.4 Å². The van der Waals surface area contributed by atoms with Gasteiger partial charge in [-0.1, -0.05) is 12.1 Å². The summed E-state index contributed by atoms with van der Waals surface area (Å²) >= 11 is 0. The highest BCUT2D eigenvalue weighted by atomic mass is 16.4. The summed E-state index contributed by atoms with van der Waals surface area (Å²) in [5.41, 5.74) is 12.2. The minimum atomic E-state index is -1.21. The predicted molar refractivity (Wildman–Crippen MR) is 113 cm³/mol. The molecule has 0 bridgehead atoms. The molecule has 3 atom stereocenters. The zero-order valence-electron chi connectivity index (χ0n) is 17.5. The summed E-state index contributed by atoms with van der Waals surface area (Å²) in [5.74, 6) is -2.89. The number of phenols is 1. The first-order valence-electron chi connectivity index (χ1n) is 9.97. The average Bonchev–Trinajstić information content (AvgIpc) is 2.72. The van der Waals surface area contributed by atoms with E-state index in [4.69, 9.17) is 16.6 Å². The number of phenolic OH excluding ortho intramolecular Hbond substituents is 1. The molecule has 0 aromatic heterocycles. The van der Waals surface area contributed by atoms with E-state index in [1.165, 1.54) is 19.1 Å². The fourth-order valence-corrected chi connectivity index (χ4v) is 2.71. The number of unbranched alkanes of at least 4 members (excludes halogenated alkanes) is 1. The second kappa shape index (κ2) is 13.2. The Kier molecular flexibility index (Phi) is 11.0. The third-order valence-electron chi connectivity index (χ3n) is 4.47. The summed E-state index contributed by atoms with van der Waals surface area (Å²) in [7, 11) is 0. The van der Waals surface area contributed by atoms with Gasteiger partial charge in [0.15, 0.2) is 0 Å². The number of rotatable bonds is 13. The lowest BCUT2D eigenvalue weighted by molar-refractivity contribution is -0.138. The van der Waals surface area contributed by atoms with Gasteiger partial charge in [0.1, 0.15) is 24.4 Å². The monoisotopic (exact) mass is 437 g/mol. The van der Waals surface area contributed by atoms with Crippen molar-refractivity contribution < 1.29 is 29.4 Å². The Morgan fingerprint density at radius 3 is 2.23 bits per heavy atom. The van der Waals surface area contributed by atoms with E-state index in [1.54, 1.807) is 12.1 Å². The van der Waals surface area contributed by atoms with Crippen LogP contribution in [0.15, 0.2) is 24.3 Å². The second-order valence-corrected chi connectivity index (χ2v) is 7.16. The first-order valence-corrected chi connectivity index (χ1v) is 9.97. The fraction of sp³-hybridized carbons (Fsp3) is 0.500. The van der Waals surface area contributed by atoms with Gasteiger partial charge in [0.25, 0.3) is 0 Å². The zero-order valence-corrected chi connectivity index (χ0v) is 17.5. The highest BCUT2D eigenvalue weighted by Crippen LogP contribution is 2.11. The number of benzene rings is 1. The molecular formula is C20H31N5O6. The van der Waals surface area contributed by atoms with Crippen molar-refractivity contribution in [2.24, 2.45) is 11.5 Å². The smallest absolute Gasteiger partial charge is 0.322 e. The largest absolute Gasteiger partial charge is 0.508 e. The summed E-state index contributed by atoms with van der Waals surface area (Å²) in [4.78, 5) is 47.6. The van der Waals surface area contributed by atoms with Gasteiger partial charge < -0.3 is 37.6 Å². The minimum absolute atomic E-state index is 0.0972. The molecule has 1 aromatic rings. The van der Waals surface area contributed by atoms with Crippen LogP contribution in [0.3, 0.4) is 0 Å². The standard InChI is InChI=1S/C20H31N5O6/c1-12(18(29)23-11-17(27)28)24-20(31)16(4-2-3-9-21)25-19(30)15(22)10-13-5-7-14(26)8-6-13/h5-8,12,15-16,26H,2-4,9-11,21-22H2,1H3,(H,23,29)(H,24,31)(H,25,30)(H,27,28). The molecule has 11 heteroatoms. The Morgan fingerprint density at radius 1 is 1.00 bits per heavy atom. The van der Waals surface area contributed by atoms with Crippen molar-refractivity contribution >= 4 is 23.7 Å². The highest BCUT2D eigenvalue weighted by molar-refractivity contribution is 5.93. The maximum Gasteiger partial charge on any atom is 0.322 e. The minimum Gasteiger partial charge on any atom is -0.508 e. The molecule has 0 aliphatic rings. The lowest BCUT2D eigenvalue weighted by Crippen LogP contribution is -2.55. The molecule has 3 unspecified atom stereocenters. The van der Waals surface area contributed by atoms with E-state index >= 15 is 0 Å². The molecule has 0 saturated heterocycles. The Balaban J connectivity index is 2.71. The van der Waals surface area contributed by atoms with Crippen molar-refractivity contribution in [3.05, 3.63) is 29.8 Å². The van der Waals surface area contributed by atoms with Gasteiger partial charge >= 0.3 is 5.97 Å². The molecule has 0 radical (unpaired) electrons. The molecule has 11 nitrogen and oxygen atoms in total. The molecule has 1 rings (SSSR count). The normalized spacial score (nSPS) is 13.5. The predicted octanol–water partition coefficient (Wildman–Crippen LogP) is -1.42. The number of aliphatic carboxylic acids is 1. The molecule has 0 fully saturated rings. The third kappa shape index (κ3) is 9.92. The summed E-state index contributed by atoms with van der Waals surface area (Å²) in [6.45, 7) is 1.27. The van der Waals surface area contributed by atoms with Gasteiger partial charge in [-0.2, -0.15) is 0 Å². The lowest BCUT2D eigenvalue weighted by atomic mass is 10.0. The number of carbonyl (C=O) groups excluding carboxylic acids is 3. The number of nitrogens with two attached hydrogens (primary N) is 2. The van der Waals surface area contributed by atoms with Crippen LogP contribution in [0.4, 0.5) is 0 Å². The van der Waals surface area contributed by atoms with Gasteiger partial charge in [-0.3, -0.25) is 19.2 Å². The molecule has 9 N–H and O–H groups in total. The summed E-state index contributed by atoms with van der Waals surface area (Å²) in [6.07, 6.45) is 1.72. The number of nitrogens with one attached hydrogen (secondary N) is 3. The maximum atomic E-state index is 12.6. The molecule has 1 aromatic carbocycles. The van der Waals surface area contributed by atoms with E-state index in [0.29, 0.717) is 25.8 Å². The molecule has 31 heavy (non-hydrogen) atoms. The van der Waals surface area contributed by atoms with E-state index < -0.39 is 48.4 Å². The Hall–Kier alpha value is -3.18. The van der Waals surface area contributed by atoms with E-state index in [9.17, 15) is 24.3 Å². The third-order valence-corrected chi connectivity index (χ3v) is 4.47. The second-order valence-electron chi connectivity index (χ2n) is 7.16. The fourth-order valence-electron chi connectivity index (χ4n) is 2.71. The summed E-state index contributed by atoms with van der Waals surface area (Å²) < 4.78 is 0. The van der Waals surface area contributed by atoms with Gasteiger partial charge in [0.05, 0.1) is 6.04 Å². The van der Waals surface area contributed by atoms with Crippen LogP contribution >= 0.6 is 0 Å². The average molecular weight is 437 g/mol. The number of hydrogen-bond donors (Lipinski definition) is 7. The summed E-state index contributed by atoms with van der Waals surface area (Å²) in [5, 5.41) is 25.2. The van der Waals surface area contributed by atoms with Gasteiger partial charge in [0.2, 0.25) is 17.7 Å². The van der Waals surface area contributed by atoms with Crippen LogP contribution in [0.5, 0.6) is 5.75 Å². The number of hydrogen-bond acceptors (Lipinski definition) is 7. The van der Waals surface area contributed by atoms with E-state index in [0.717, 1.165) is 5.56 Å². The van der Waals surface area contributed by atoms with Crippen molar-refractivity contribution in [1.82, 2.24) is 16.0 Å². The topological polar surface area (TPSA) is 197 Å². The number of carboxylic acid groups (broad SMARTS) is 1. The number of carboxylic acids is 1. The van der Waals surface area contributed by atoms with Crippen molar-refractivity contribution in [3.8, 4) is 5.75 Å². The van der Waals surface area contributed by atoms with Gasteiger partial charge in [0, 0.05) is 0 Å². The van der Waals surface area contributed by atoms with Crippen molar-refractivity contribution in [2.45, 2.75) is 50.7 Å². The van der Waals surface area contributed by atoms with Crippen LogP contribution in [0, 0.1) is 0 Å². The van der Waals surface area contributed by atoms with Crippen molar-refractivity contribution in [2.75, 3.05) is 13.1 Å². The Morgan fingerprint density at radius 2 is 1.65 bits per heavy atom. The zero-order chi connectivity index (χ0) is 23.4. The van der Waals surface area contributed by atoms with Crippen LogP contribution in [-0.2, 0) is 25.6 Å². The van der Waals surface area contributed by atoms with Crippen LogP contribution in [0.25, 0.3) is 0 Å². The molecule has 0 heterocycles. The lowest BCUT2D eigenvalue weighted by Gasteiger charge is -2.22. The van der Waals surface area contributed by atoms with E-state index in [2.05, 4.69) is 16.0 Å². The SMILES string of the molecule is CC(NC(=O)C(CCCCN)NC(=O)C(N)Cc1ccc(O)cc1)C(=O)NCC(=O)O. The van der Waals surface area contributed by atoms with Crippen LogP contribution in [0.1, 0.15) is 31.7 Å². The highest BCUT2D eigenvalue weighted by Gasteiger charge is 2.26.